The summed E-state index contributed by atoms with van der Waals surface area (Å²) in [5.74, 6) is -1.16. The lowest BCUT2D eigenvalue weighted by Gasteiger charge is -2.12. The van der Waals surface area contributed by atoms with E-state index in [1.54, 1.807) is 6.92 Å². The van der Waals surface area contributed by atoms with E-state index < -0.39 is 24.1 Å². The second-order valence-corrected chi connectivity index (χ2v) is 5.24. The Labute approximate surface area is 148 Å². The summed E-state index contributed by atoms with van der Waals surface area (Å²) < 4.78 is 9.00. The highest BCUT2D eigenvalue weighted by Crippen LogP contribution is 2.09. The smallest absolute Gasteiger partial charge is 0.404 e. The van der Waals surface area contributed by atoms with Crippen LogP contribution in [0.15, 0.2) is 0 Å². The highest BCUT2D eigenvalue weighted by molar-refractivity contribution is 5.69. The van der Waals surface area contributed by atoms with Crippen LogP contribution in [-0.4, -0.2) is 59.3 Å². The molecule has 1 amide bonds. The molecule has 0 atom stereocenters. The van der Waals surface area contributed by atoms with Gasteiger partial charge in [0.15, 0.2) is 0 Å². The lowest BCUT2D eigenvalue weighted by Crippen LogP contribution is -2.25. The third kappa shape index (κ3) is 22.1. The maximum Gasteiger partial charge on any atom is 0.404 e. The van der Waals surface area contributed by atoms with Gasteiger partial charge in [-0.1, -0.05) is 25.7 Å². The maximum absolute atomic E-state index is 11.3. The van der Waals surface area contributed by atoms with E-state index in [1.165, 1.54) is 0 Å². The van der Waals surface area contributed by atoms with Crippen molar-refractivity contribution < 1.29 is 39.2 Å². The van der Waals surface area contributed by atoms with E-state index in [4.69, 9.17) is 20.1 Å². The highest BCUT2D eigenvalue weighted by Gasteiger charge is 2.11. The summed E-state index contributed by atoms with van der Waals surface area (Å²) >= 11 is 0. The first-order valence-corrected chi connectivity index (χ1v) is 8.42. The molecule has 0 aliphatic carbocycles. The number of unbranched alkanes of at least 4 members (excludes halogenated alkanes) is 5. The van der Waals surface area contributed by atoms with Gasteiger partial charge in [-0.3, -0.25) is 9.59 Å². The van der Waals surface area contributed by atoms with Crippen LogP contribution in [0.5, 0.6) is 0 Å². The van der Waals surface area contributed by atoms with Crippen LogP contribution < -0.4 is 5.73 Å². The number of aliphatic hydroxyl groups excluding tert-OH is 2. The third-order valence-electron chi connectivity index (χ3n) is 3.01. The third-order valence-corrected chi connectivity index (χ3v) is 3.01. The Morgan fingerprint density at radius 1 is 0.920 bits per heavy atom. The first-order valence-electron chi connectivity index (χ1n) is 8.42. The van der Waals surface area contributed by atoms with Crippen molar-refractivity contribution in [2.45, 2.75) is 64.4 Å². The van der Waals surface area contributed by atoms with Crippen molar-refractivity contribution in [3.8, 4) is 0 Å². The summed E-state index contributed by atoms with van der Waals surface area (Å²) in [6.45, 7) is 1.32. The lowest BCUT2D eigenvalue weighted by molar-refractivity contribution is -0.153. The van der Waals surface area contributed by atoms with Crippen LogP contribution in [0.4, 0.5) is 4.79 Å². The van der Waals surface area contributed by atoms with Gasteiger partial charge < -0.3 is 30.5 Å². The number of aliphatic carboxylic acids is 1. The lowest BCUT2D eigenvalue weighted by atomic mass is 10.1. The van der Waals surface area contributed by atoms with Crippen LogP contribution in [0.25, 0.3) is 0 Å². The number of carboxylic acids is 1. The number of aliphatic hydroxyl groups is 2. The number of hydrogen-bond donors (Lipinski definition) is 4. The molecule has 0 radical (unpaired) electrons. The molecular weight excluding hydrogens is 334 g/mol. The molecule has 0 unspecified atom stereocenters. The van der Waals surface area contributed by atoms with Gasteiger partial charge >= 0.3 is 18.0 Å². The predicted molar refractivity (Wildman–Crippen MR) is 89.8 cm³/mol. The van der Waals surface area contributed by atoms with Gasteiger partial charge in [0, 0.05) is 12.8 Å². The van der Waals surface area contributed by atoms with E-state index in [2.05, 4.69) is 10.5 Å². The Morgan fingerprint density at radius 2 is 1.40 bits per heavy atom. The van der Waals surface area contributed by atoms with Crippen molar-refractivity contribution in [1.82, 2.24) is 0 Å². The molecule has 0 fully saturated rings. The molecule has 0 aromatic carbocycles. The van der Waals surface area contributed by atoms with E-state index >= 15 is 0 Å². The maximum atomic E-state index is 11.3. The Kier molecular flexibility index (Phi) is 18.7. The molecule has 0 saturated carbocycles. The van der Waals surface area contributed by atoms with Gasteiger partial charge in [-0.2, -0.15) is 0 Å². The first kappa shape index (κ1) is 25.4. The van der Waals surface area contributed by atoms with Crippen molar-refractivity contribution in [2.24, 2.45) is 5.73 Å². The minimum atomic E-state index is -0.816. The van der Waals surface area contributed by atoms with Gasteiger partial charge in [-0.25, -0.2) is 4.79 Å². The molecule has 0 rings (SSSR count). The van der Waals surface area contributed by atoms with Crippen molar-refractivity contribution in [3.05, 3.63) is 0 Å². The topological polar surface area (TPSA) is 156 Å². The number of carbonyl (C=O) groups excluding carboxylic acids is 2. The van der Waals surface area contributed by atoms with Gasteiger partial charge in [0.2, 0.25) is 0 Å². The van der Waals surface area contributed by atoms with Crippen molar-refractivity contribution in [1.29, 1.82) is 0 Å². The van der Waals surface area contributed by atoms with Gasteiger partial charge in [-0.15, -0.1) is 0 Å². The molecule has 0 aromatic heterocycles. The molecule has 0 spiro atoms. The summed E-state index contributed by atoms with van der Waals surface area (Å²) in [4.78, 5) is 31.1. The minimum absolute atomic E-state index is 0.218. The highest BCUT2D eigenvalue weighted by atomic mass is 16.6. The van der Waals surface area contributed by atoms with Crippen LogP contribution in [-0.2, 0) is 19.1 Å². The van der Waals surface area contributed by atoms with E-state index in [0.29, 0.717) is 19.4 Å². The zero-order chi connectivity index (χ0) is 19.5. The van der Waals surface area contributed by atoms with Crippen molar-refractivity contribution in [2.75, 3.05) is 19.8 Å². The zero-order valence-electron chi connectivity index (χ0n) is 14.8. The average Bonchev–Trinajstić information content (AvgIpc) is 2.55. The number of primary amides is 1. The molecule has 9 heteroatoms. The SMILES string of the molecule is CCOC(N)=O.O=C(O)CCCCCCCCC(=O)OC(CO)CO. The fraction of sp³-hybridized carbons (Fsp3) is 0.812. The summed E-state index contributed by atoms with van der Waals surface area (Å²) in [5.41, 5.74) is 4.54. The van der Waals surface area contributed by atoms with E-state index in [-0.39, 0.29) is 26.1 Å². The van der Waals surface area contributed by atoms with E-state index in [1.807, 2.05) is 0 Å². The number of esters is 1. The van der Waals surface area contributed by atoms with Crippen LogP contribution in [0.1, 0.15) is 58.3 Å². The normalized spacial score (nSPS) is 9.92. The predicted octanol–water partition coefficient (Wildman–Crippen LogP) is 1.19. The molecule has 5 N–H and O–H groups in total. The monoisotopic (exact) mass is 365 g/mol. The van der Waals surface area contributed by atoms with Gasteiger partial charge in [0.1, 0.15) is 6.10 Å². The summed E-state index contributed by atoms with van der Waals surface area (Å²) in [6.07, 6.45) is 4.11. The fourth-order valence-corrected chi connectivity index (χ4v) is 1.77. The van der Waals surface area contributed by atoms with Crippen LogP contribution >= 0.6 is 0 Å². The van der Waals surface area contributed by atoms with Crippen LogP contribution in [0.3, 0.4) is 0 Å². The number of carboxylic acid groups (broad SMARTS) is 1. The van der Waals surface area contributed by atoms with E-state index in [0.717, 1.165) is 25.7 Å². The second-order valence-electron chi connectivity index (χ2n) is 5.24. The number of hydrogen-bond acceptors (Lipinski definition) is 7. The molecule has 25 heavy (non-hydrogen) atoms. The molecule has 0 aliphatic rings. The second kappa shape index (κ2) is 18.5. The molecule has 0 bridgehead atoms. The number of rotatable bonds is 13. The quantitative estimate of drug-likeness (QED) is 0.280. The first-order chi connectivity index (χ1) is 11.9. The fourth-order valence-electron chi connectivity index (χ4n) is 1.77. The van der Waals surface area contributed by atoms with Gasteiger partial charge in [0.25, 0.3) is 0 Å². The van der Waals surface area contributed by atoms with Gasteiger partial charge in [-0.05, 0) is 19.8 Å². The largest absolute Gasteiger partial charge is 0.481 e. The molecule has 0 aromatic rings. The molecule has 0 aliphatic heterocycles. The average molecular weight is 365 g/mol. The molecule has 0 heterocycles. The number of carbonyl (C=O) groups is 3. The van der Waals surface area contributed by atoms with Crippen LogP contribution in [0, 0.1) is 0 Å². The Balaban J connectivity index is 0. The summed E-state index contributed by atoms with van der Waals surface area (Å²) in [6, 6.07) is 0. The molecule has 9 nitrogen and oxygen atoms in total. The zero-order valence-corrected chi connectivity index (χ0v) is 14.8. The Morgan fingerprint density at radius 3 is 1.76 bits per heavy atom. The number of ether oxygens (including phenoxy) is 2. The summed E-state index contributed by atoms with van der Waals surface area (Å²) in [5, 5.41) is 25.9. The minimum Gasteiger partial charge on any atom is -0.481 e. The van der Waals surface area contributed by atoms with E-state index in [9.17, 15) is 14.4 Å². The molecule has 0 saturated heterocycles. The Bertz CT molecular complexity index is 358. The Hall–Kier alpha value is -1.87. The number of amides is 1. The summed E-state index contributed by atoms with van der Waals surface area (Å²) in [7, 11) is 0. The van der Waals surface area contributed by atoms with Crippen molar-refractivity contribution in [3.63, 3.8) is 0 Å². The van der Waals surface area contributed by atoms with Gasteiger partial charge in [0.05, 0.1) is 19.8 Å². The molecule has 148 valence electrons. The number of nitrogens with two attached hydrogens (primary N) is 1. The van der Waals surface area contributed by atoms with Crippen LogP contribution in [0.2, 0.25) is 0 Å². The molecular formula is C16H31NO8. The standard InChI is InChI=1S/C13H24O6.C3H7NO2/c14-9-11(10-15)19-13(18)8-6-4-2-1-3-5-7-12(16)17;1-2-6-3(4)5/h11,14-15H,1-10H2,(H,16,17);2H2,1H3,(H2,4,5). The van der Waals surface area contributed by atoms with Crippen molar-refractivity contribution >= 4 is 18.0 Å².